The molecule has 9 nitrogen and oxygen atoms in total. The van der Waals surface area contributed by atoms with Crippen molar-refractivity contribution < 1.29 is 33.4 Å². The average Bonchev–Trinajstić information content (AvgIpc) is 2.26. The molecule has 0 bridgehead atoms. The van der Waals surface area contributed by atoms with Crippen LogP contribution in [0.1, 0.15) is 0 Å². The number of non-ortho nitro benzene ring substituents is 1. The van der Waals surface area contributed by atoms with Gasteiger partial charge in [0.2, 0.25) is 0 Å². The van der Waals surface area contributed by atoms with E-state index in [1.807, 2.05) is 21.1 Å². The Bertz CT molecular complexity index is 492. The first-order valence-corrected chi connectivity index (χ1v) is 7.38. The summed E-state index contributed by atoms with van der Waals surface area (Å²) in [6, 6.07) is 5.04. The number of quaternary nitrogens is 1. The Morgan fingerprint density at radius 3 is 2.05 bits per heavy atom. The SMILES string of the molecule is C[N+](C)(C)CCOP(=O)(O)O.O=[N+]([O-])c1ccc(O)cc1. The molecular weight excluding hydrogens is 303 g/mol. The van der Waals surface area contributed by atoms with Crippen LogP contribution in [0, 0.1) is 10.1 Å². The topological polar surface area (TPSA) is 130 Å². The van der Waals surface area contributed by atoms with Crippen molar-refractivity contribution in [2.75, 3.05) is 34.3 Å². The molecule has 120 valence electrons. The summed E-state index contributed by atoms with van der Waals surface area (Å²) in [7, 11) is 1.50. The zero-order valence-corrected chi connectivity index (χ0v) is 12.9. The molecule has 0 fully saturated rings. The lowest BCUT2D eigenvalue weighted by atomic mass is 10.3. The molecule has 0 aromatic heterocycles. The fraction of sp³-hybridized carbons (Fsp3) is 0.455. The molecule has 0 spiro atoms. The number of benzene rings is 1. The number of nitro groups is 1. The zero-order chi connectivity index (χ0) is 16.7. The molecule has 3 N–H and O–H groups in total. The van der Waals surface area contributed by atoms with Gasteiger partial charge in [-0.05, 0) is 12.1 Å². The molecule has 0 radical (unpaired) electrons. The predicted molar refractivity (Wildman–Crippen MR) is 75.7 cm³/mol. The Labute approximate surface area is 122 Å². The number of phenolic OH excluding ortho intramolecular Hbond substituents is 1. The molecule has 0 amide bonds. The standard InChI is InChI=1S/C6H5NO3.C5H14NO4P/c8-6-3-1-5(2-4-6)7(9)10;1-6(2,3)4-5-10-11(7,8)9/h1-4,8H;4-5H2,1-3H3,(H-,7,8,9)/p+1. The summed E-state index contributed by atoms with van der Waals surface area (Å²) in [5.41, 5.74) is -0.0159. The second kappa shape index (κ2) is 8.06. The van der Waals surface area contributed by atoms with E-state index in [0.717, 1.165) is 0 Å². The van der Waals surface area contributed by atoms with Gasteiger partial charge < -0.3 is 19.4 Å². The van der Waals surface area contributed by atoms with Gasteiger partial charge in [-0.15, -0.1) is 0 Å². The predicted octanol–water partition coefficient (Wildman–Crippen LogP) is 1.10. The van der Waals surface area contributed by atoms with Crippen molar-refractivity contribution in [2.24, 2.45) is 0 Å². The molecule has 0 aliphatic carbocycles. The molecule has 0 atom stereocenters. The maximum Gasteiger partial charge on any atom is 0.469 e. The van der Waals surface area contributed by atoms with E-state index in [1.165, 1.54) is 24.3 Å². The summed E-state index contributed by atoms with van der Waals surface area (Å²) < 4.78 is 15.1. The third-order valence-electron chi connectivity index (χ3n) is 2.08. The number of phosphoric acid groups is 1. The largest absolute Gasteiger partial charge is 0.508 e. The second-order valence-electron chi connectivity index (χ2n) is 5.11. The number of likely N-dealkylation sites (N-methyl/N-ethyl adjacent to an activating group) is 1. The summed E-state index contributed by atoms with van der Waals surface area (Å²) in [6.45, 7) is 0.652. The van der Waals surface area contributed by atoms with Gasteiger partial charge in [-0.2, -0.15) is 0 Å². The Kier molecular flexibility index (Phi) is 7.48. The fourth-order valence-electron chi connectivity index (χ4n) is 1.01. The van der Waals surface area contributed by atoms with Gasteiger partial charge in [0, 0.05) is 12.1 Å². The van der Waals surface area contributed by atoms with Gasteiger partial charge in [0.25, 0.3) is 5.69 Å². The molecular formula is C11H20N2O7P+. The second-order valence-corrected chi connectivity index (χ2v) is 6.35. The molecule has 0 aliphatic heterocycles. The highest BCUT2D eigenvalue weighted by Gasteiger charge is 2.15. The van der Waals surface area contributed by atoms with Crippen molar-refractivity contribution in [3.8, 4) is 5.75 Å². The van der Waals surface area contributed by atoms with Crippen LogP contribution in [0.5, 0.6) is 5.75 Å². The monoisotopic (exact) mass is 323 g/mol. The van der Waals surface area contributed by atoms with Crippen molar-refractivity contribution in [3.05, 3.63) is 34.4 Å². The Balaban J connectivity index is 0.000000382. The van der Waals surface area contributed by atoms with Gasteiger partial charge >= 0.3 is 7.82 Å². The van der Waals surface area contributed by atoms with Crippen LogP contribution in [0.3, 0.4) is 0 Å². The smallest absolute Gasteiger partial charge is 0.469 e. The summed E-state index contributed by atoms with van der Waals surface area (Å²) in [5.74, 6) is 0.0330. The molecule has 0 saturated carbocycles. The number of aromatic hydroxyl groups is 1. The van der Waals surface area contributed by atoms with Crippen molar-refractivity contribution >= 4 is 13.5 Å². The van der Waals surface area contributed by atoms with Crippen molar-refractivity contribution in [1.29, 1.82) is 0 Å². The van der Waals surface area contributed by atoms with Crippen LogP contribution in [-0.4, -0.2) is 58.6 Å². The molecule has 0 unspecified atom stereocenters. The molecule has 10 heteroatoms. The molecule has 0 aliphatic rings. The minimum absolute atomic E-state index is 0.0159. The molecule has 1 rings (SSSR count). The highest BCUT2D eigenvalue weighted by atomic mass is 31.2. The number of hydrogen-bond acceptors (Lipinski definition) is 5. The van der Waals surface area contributed by atoms with Gasteiger partial charge in [-0.1, -0.05) is 0 Å². The van der Waals surface area contributed by atoms with Crippen molar-refractivity contribution in [3.63, 3.8) is 0 Å². The first kappa shape index (κ1) is 19.5. The summed E-state index contributed by atoms with van der Waals surface area (Å²) in [6.07, 6.45) is 0. The van der Waals surface area contributed by atoms with E-state index < -0.39 is 12.7 Å². The minimum atomic E-state index is -4.26. The van der Waals surface area contributed by atoms with Crippen LogP contribution in [0.4, 0.5) is 5.69 Å². The van der Waals surface area contributed by atoms with E-state index in [2.05, 4.69) is 4.52 Å². The molecule has 0 heterocycles. The fourth-order valence-corrected chi connectivity index (χ4v) is 1.33. The first-order chi connectivity index (χ1) is 9.41. The Morgan fingerprint density at radius 1 is 1.24 bits per heavy atom. The van der Waals surface area contributed by atoms with Crippen LogP contribution in [0.25, 0.3) is 0 Å². The zero-order valence-electron chi connectivity index (χ0n) is 12.0. The van der Waals surface area contributed by atoms with E-state index in [4.69, 9.17) is 14.9 Å². The van der Waals surface area contributed by atoms with Gasteiger partial charge in [0.1, 0.15) is 18.9 Å². The molecule has 21 heavy (non-hydrogen) atoms. The number of nitrogens with zero attached hydrogens (tertiary/aromatic N) is 2. The van der Waals surface area contributed by atoms with Gasteiger partial charge in [0.15, 0.2) is 0 Å². The normalized spacial score (nSPS) is 11.5. The number of nitro benzene ring substituents is 1. The number of phenols is 1. The number of phosphoric ester groups is 1. The molecule has 0 saturated heterocycles. The number of hydrogen-bond donors (Lipinski definition) is 3. The van der Waals surface area contributed by atoms with E-state index >= 15 is 0 Å². The van der Waals surface area contributed by atoms with Crippen LogP contribution >= 0.6 is 7.82 Å². The number of rotatable bonds is 5. The van der Waals surface area contributed by atoms with Crippen LogP contribution in [-0.2, 0) is 9.09 Å². The lowest BCUT2D eigenvalue weighted by Gasteiger charge is -2.23. The third kappa shape index (κ3) is 12.0. The van der Waals surface area contributed by atoms with Crippen LogP contribution in [0.2, 0.25) is 0 Å². The van der Waals surface area contributed by atoms with E-state index in [0.29, 0.717) is 11.0 Å². The van der Waals surface area contributed by atoms with E-state index in [9.17, 15) is 14.7 Å². The van der Waals surface area contributed by atoms with Crippen molar-refractivity contribution in [2.45, 2.75) is 0 Å². The Hall–Kier alpha value is -1.51. The highest BCUT2D eigenvalue weighted by molar-refractivity contribution is 7.46. The Morgan fingerprint density at radius 2 is 1.71 bits per heavy atom. The van der Waals surface area contributed by atoms with Gasteiger partial charge in [-0.25, -0.2) is 4.57 Å². The van der Waals surface area contributed by atoms with Gasteiger partial charge in [-0.3, -0.25) is 14.6 Å². The minimum Gasteiger partial charge on any atom is -0.508 e. The maximum atomic E-state index is 10.2. The first-order valence-electron chi connectivity index (χ1n) is 5.85. The van der Waals surface area contributed by atoms with E-state index in [1.54, 1.807) is 0 Å². The summed E-state index contributed by atoms with van der Waals surface area (Å²) >= 11 is 0. The van der Waals surface area contributed by atoms with Crippen LogP contribution < -0.4 is 0 Å². The lowest BCUT2D eigenvalue weighted by Crippen LogP contribution is -2.37. The average molecular weight is 323 g/mol. The lowest BCUT2D eigenvalue weighted by molar-refractivity contribution is -0.870. The van der Waals surface area contributed by atoms with Crippen molar-refractivity contribution in [1.82, 2.24) is 0 Å². The van der Waals surface area contributed by atoms with E-state index in [-0.39, 0.29) is 18.0 Å². The quantitative estimate of drug-likeness (QED) is 0.320. The summed E-state index contributed by atoms with van der Waals surface area (Å²) in [4.78, 5) is 26.1. The summed E-state index contributed by atoms with van der Waals surface area (Å²) in [5, 5.41) is 18.8. The molecule has 1 aromatic carbocycles. The highest BCUT2D eigenvalue weighted by Crippen LogP contribution is 2.35. The van der Waals surface area contributed by atoms with Gasteiger partial charge in [0.05, 0.1) is 26.1 Å². The maximum absolute atomic E-state index is 10.2. The third-order valence-corrected chi connectivity index (χ3v) is 2.60. The van der Waals surface area contributed by atoms with Crippen LogP contribution in [0.15, 0.2) is 24.3 Å². The molecule has 1 aromatic rings.